The zero-order valence-corrected chi connectivity index (χ0v) is 12.5. The predicted molar refractivity (Wildman–Crippen MR) is 80.3 cm³/mol. The van der Waals surface area contributed by atoms with Crippen molar-refractivity contribution in [3.63, 3.8) is 0 Å². The number of aromatic nitrogens is 1. The fourth-order valence-corrected chi connectivity index (χ4v) is 2.73. The number of thiazole rings is 1. The molecule has 0 spiro atoms. The number of rotatable bonds is 7. The van der Waals surface area contributed by atoms with Crippen LogP contribution in [-0.4, -0.2) is 25.2 Å². The monoisotopic (exact) mass is 294 g/mol. The van der Waals surface area contributed by atoms with E-state index < -0.39 is 0 Å². The summed E-state index contributed by atoms with van der Waals surface area (Å²) in [5.74, 6) is 0.259. The maximum Gasteiger partial charge on any atom is 0.123 e. The minimum atomic E-state index is -0.223. The van der Waals surface area contributed by atoms with Crippen LogP contribution in [0.5, 0.6) is 0 Å². The van der Waals surface area contributed by atoms with E-state index in [1.807, 2.05) is 5.38 Å². The van der Waals surface area contributed by atoms with Crippen molar-refractivity contribution in [2.45, 2.75) is 13.5 Å². The van der Waals surface area contributed by atoms with Crippen LogP contribution >= 0.6 is 11.3 Å². The molecule has 2 aromatic rings. The molecule has 0 aliphatic heterocycles. The topological polar surface area (TPSA) is 34.1 Å². The van der Waals surface area contributed by atoms with Crippen molar-refractivity contribution in [1.29, 1.82) is 0 Å². The van der Waals surface area contributed by atoms with Gasteiger partial charge in [0.15, 0.2) is 0 Å². The van der Waals surface area contributed by atoms with Crippen molar-refractivity contribution in [3.8, 4) is 10.6 Å². The summed E-state index contributed by atoms with van der Waals surface area (Å²) in [5.41, 5.74) is 1.97. The highest BCUT2D eigenvalue weighted by atomic mass is 32.1. The van der Waals surface area contributed by atoms with Gasteiger partial charge in [-0.2, -0.15) is 0 Å². The Balaban J connectivity index is 1.87. The number of nitrogens with one attached hydrogen (secondary N) is 1. The molecule has 0 fully saturated rings. The van der Waals surface area contributed by atoms with Crippen LogP contribution in [0.4, 0.5) is 4.39 Å². The Morgan fingerprint density at radius 2 is 2.10 bits per heavy atom. The first kappa shape index (κ1) is 15.1. The maximum absolute atomic E-state index is 12.9. The van der Waals surface area contributed by atoms with E-state index in [9.17, 15) is 4.39 Å². The van der Waals surface area contributed by atoms with Crippen LogP contribution in [0.3, 0.4) is 0 Å². The number of methoxy groups -OCH3 is 1. The number of ether oxygens (including phenoxy) is 1. The van der Waals surface area contributed by atoms with Gasteiger partial charge in [-0.1, -0.05) is 6.92 Å². The average Bonchev–Trinajstić information content (AvgIpc) is 2.89. The Morgan fingerprint density at radius 3 is 2.80 bits per heavy atom. The third kappa shape index (κ3) is 4.37. The van der Waals surface area contributed by atoms with Crippen LogP contribution in [0.2, 0.25) is 0 Å². The van der Waals surface area contributed by atoms with Gasteiger partial charge in [0.05, 0.1) is 5.69 Å². The summed E-state index contributed by atoms with van der Waals surface area (Å²) in [6, 6.07) is 6.43. The molecule has 5 heteroatoms. The molecule has 1 aromatic heterocycles. The summed E-state index contributed by atoms with van der Waals surface area (Å²) in [6.07, 6.45) is 0. The zero-order chi connectivity index (χ0) is 14.4. The molecular weight excluding hydrogens is 275 g/mol. The van der Waals surface area contributed by atoms with E-state index in [1.54, 1.807) is 30.6 Å². The SMILES string of the molecule is COCC(C)CNCc1csc(-c2ccc(F)cc2)n1. The lowest BCUT2D eigenvalue weighted by molar-refractivity contribution is 0.158. The van der Waals surface area contributed by atoms with Crippen molar-refractivity contribution >= 4 is 11.3 Å². The van der Waals surface area contributed by atoms with E-state index in [4.69, 9.17) is 4.74 Å². The molecule has 0 saturated heterocycles. The number of benzene rings is 1. The molecule has 1 atom stereocenters. The normalized spacial score (nSPS) is 12.6. The largest absolute Gasteiger partial charge is 0.384 e. The first-order valence-corrected chi connectivity index (χ1v) is 7.47. The van der Waals surface area contributed by atoms with Crippen LogP contribution in [0.15, 0.2) is 29.6 Å². The van der Waals surface area contributed by atoms with Gasteiger partial charge in [-0.25, -0.2) is 9.37 Å². The van der Waals surface area contributed by atoms with Crippen LogP contribution < -0.4 is 5.32 Å². The molecule has 1 aromatic carbocycles. The fourth-order valence-electron chi connectivity index (χ4n) is 1.90. The highest BCUT2D eigenvalue weighted by Gasteiger charge is 2.06. The second kappa shape index (κ2) is 7.47. The quantitative estimate of drug-likeness (QED) is 0.850. The molecule has 1 heterocycles. The molecule has 0 aliphatic carbocycles. The van der Waals surface area contributed by atoms with Crippen LogP contribution in [0.1, 0.15) is 12.6 Å². The van der Waals surface area contributed by atoms with Crippen LogP contribution in [-0.2, 0) is 11.3 Å². The zero-order valence-electron chi connectivity index (χ0n) is 11.7. The van der Waals surface area contributed by atoms with Gasteiger partial charge in [-0.15, -0.1) is 11.3 Å². The van der Waals surface area contributed by atoms with Gasteiger partial charge in [0.1, 0.15) is 10.8 Å². The van der Waals surface area contributed by atoms with E-state index in [-0.39, 0.29) is 5.82 Å². The molecule has 3 nitrogen and oxygen atoms in total. The van der Waals surface area contributed by atoms with Crippen molar-refractivity contribution < 1.29 is 9.13 Å². The van der Waals surface area contributed by atoms with Gasteiger partial charge < -0.3 is 10.1 Å². The van der Waals surface area contributed by atoms with Crippen molar-refractivity contribution in [3.05, 3.63) is 41.2 Å². The first-order valence-electron chi connectivity index (χ1n) is 6.59. The molecule has 0 amide bonds. The number of hydrogen-bond donors (Lipinski definition) is 1. The molecule has 108 valence electrons. The Bertz CT molecular complexity index is 527. The average molecular weight is 294 g/mol. The number of halogens is 1. The summed E-state index contributed by atoms with van der Waals surface area (Å²) in [6.45, 7) is 4.54. The molecule has 0 aliphatic rings. The molecular formula is C15H19FN2OS. The summed E-state index contributed by atoms with van der Waals surface area (Å²) in [7, 11) is 1.71. The molecule has 0 saturated carbocycles. The Morgan fingerprint density at radius 1 is 1.35 bits per heavy atom. The lowest BCUT2D eigenvalue weighted by Gasteiger charge is -2.10. The third-order valence-corrected chi connectivity index (χ3v) is 3.83. The van der Waals surface area contributed by atoms with E-state index in [1.165, 1.54) is 12.1 Å². The van der Waals surface area contributed by atoms with Gasteiger partial charge >= 0.3 is 0 Å². The van der Waals surface area contributed by atoms with Crippen LogP contribution in [0, 0.1) is 11.7 Å². The van der Waals surface area contributed by atoms with Crippen LogP contribution in [0.25, 0.3) is 10.6 Å². The molecule has 1 N–H and O–H groups in total. The Labute approximate surface area is 122 Å². The van der Waals surface area contributed by atoms with E-state index in [0.717, 1.165) is 36.0 Å². The van der Waals surface area contributed by atoms with E-state index in [2.05, 4.69) is 17.2 Å². The fraction of sp³-hybridized carbons (Fsp3) is 0.400. The minimum Gasteiger partial charge on any atom is -0.384 e. The van der Waals surface area contributed by atoms with Gasteiger partial charge in [0.25, 0.3) is 0 Å². The van der Waals surface area contributed by atoms with Crippen molar-refractivity contribution in [2.75, 3.05) is 20.3 Å². The number of hydrogen-bond acceptors (Lipinski definition) is 4. The van der Waals surface area contributed by atoms with Crippen molar-refractivity contribution in [2.24, 2.45) is 5.92 Å². The summed E-state index contributed by atoms with van der Waals surface area (Å²) < 4.78 is 18.0. The lowest BCUT2D eigenvalue weighted by Crippen LogP contribution is -2.23. The maximum atomic E-state index is 12.9. The first-order chi connectivity index (χ1) is 9.69. The van der Waals surface area contributed by atoms with Gasteiger partial charge in [0, 0.05) is 37.7 Å². The molecule has 0 bridgehead atoms. The molecule has 2 rings (SSSR count). The summed E-state index contributed by atoms with van der Waals surface area (Å²) in [5, 5.41) is 6.32. The van der Waals surface area contributed by atoms with E-state index in [0.29, 0.717) is 5.92 Å². The minimum absolute atomic E-state index is 0.223. The molecule has 20 heavy (non-hydrogen) atoms. The Kier molecular flexibility index (Phi) is 5.64. The molecule has 0 radical (unpaired) electrons. The van der Waals surface area contributed by atoms with Gasteiger partial charge in [-0.3, -0.25) is 0 Å². The summed E-state index contributed by atoms with van der Waals surface area (Å²) in [4.78, 5) is 4.56. The number of nitrogens with zero attached hydrogens (tertiary/aromatic N) is 1. The van der Waals surface area contributed by atoms with Gasteiger partial charge in [0.2, 0.25) is 0 Å². The smallest absolute Gasteiger partial charge is 0.123 e. The third-order valence-electron chi connectivity index (χ3n) is 2.89. The summed E-state index contributed by atoms with van der Waals surface area (Å²) >= 11 is 1.58. The second-order valence-electron chi connectivity index (χ2n) is 4.84. The highest BCUT2D eigenvalue weighted by Crippen LogP contribution is 2.23. The van der Waals surface area contributed by atoms with E-state index >= 15 is 0 Å². The predicted octanol–water partition coefficient (Wildman–Crippen LogP) is 3.32. The standard InChI is InChI=1S/C15H19FN2OS/c1-11(9-19-2)7-17-8-14-10-20-15(18-14)12-3-5-13(16)6-4-12/h3-6,10-11,17H,7-9H2,1-2H3. The Hall–Kier alpha value is -1.30. The van der Waals surface area contributed by atoms with Gasteiger partial charge in [-0.05, 0) is 30.2 Å². The lowest BCUT2D eigenvalue weighted by atomic mass is 10.2. The second-order valence-corrected chi connectivity index (χ2v) is 5.70. The van der Waals surface area contributed by atoms with Crippen molar-refractivity contribution in [1.82, 2.24) is 10.3 Å². The highest BCUT2D eigenvalue weighted by molar-refractivity contribution is 7.13. The molecule has 1 unspecified atom stereocenters.